The van der Waals surface area contributed by atoms with Crippen LogP contribution in [0.2, 0.25) is 0 Å². The van der Waals surface area contributed by atoms with E-state index in [1.165, 1.54) is 7.05 Å². The van der Waals surface area contributed by atoms with Crippen molar-refractivity contribution in [2.75, 3.05) is 18.5 Å². The minimum atomic E-state index is -4.31. The van der Waals surface area contributed by atoms with Crippen LogP contribution in [-0.4, -0.2) is 24.8 Å². The van der Waals surface area contributed by atoms with Gasteiger partial charge in [-0.3, -0.25) is 0 Å². The predicted molar refractivity (Wildman–Crippen MR) is 64.9 cm³/mol. The summed E-state index contributed by atoms with van der Waals surface area (Å²) in [6.45, 7) is -1.10. The summed E-state index contributed by atoms with van der Waals surface area (Å²) in [5.74, 6) is 0.125. The molecule has 19 heavy (non-hydrogen) atoms. The van der Waals surface area contributed by atoms with Crippen LogP contribution in [0.3, 0.4) is 0 Å². The molecule has 0 saturated heterocycles. The predicted octanol–water partition coefficient (Wildman–Crippen LogP) is 2.83. The Morgan fingerprint density at radius 3 is 2.68 bits per heavy atom. The number of hydrogen-bond acceptors (Lipinski definition) is 3. The maximum Gasteiger partial charge on any atom is 0.405 e. The van der Waals surface area contributed by atoms with Gasteiger partial charge in [0.15, 0.2) is 0 Å². The smallest absolute Gasteiger partial charge is 0.349 e. The molecule has 0 aromatic carbocycles. The molecule has 0 N–H and O–H groups in total. The van der Waals surface area contributed by atoms with Crippen LogP contribution in [0.15, 0.2) is 6.07 Å². The first-order valence-corrected chi connectivity index (χ1v) is 6.11. The van der Waals surface area contributed by atoms with Gasteiger partial charge in [0.25, 0.3) is 0 Å². The lowest BCUT2D eigenvalue weighted by atomic mass is 9.95. The number of hydrogen-bond donors (Lipinski definition) is 0. The zero-order valence-corrected chi connectivity index (χ0v) is 10.6. The molecule has 1 aliphatic rings. The third-order valence-electron chi connectivity index (χ3n) is 3.18. The molecule has 2 rings (SSSR count). The first-order valence-electron chi connectivity index (χ1n) is 6.11. The Hall–Kier alpha value is -1.77. The Bertz CT molecular complexity index is 517. The molecule has 0 bridgehead atoms. The van der Waals surface area contributed by atoms with E-state index >= 15 is 0 Å². The van der Waals surface area contributed by atoms with Crippen molar-refractivity contribution in [1.82, 2.24) is 4.98 Å². The van der Waals surface area contributed by atoms with E-state index in [2.05, 4.69) is 4.98 Å². The minimum Gasteiger partial charge on any atom is -0.349 e. The van der Waals surface area contributed by atoms with Gasteiger partial charge in [-0.25, -0.2) is 4.98 Å². The van der Waals surface area contributed by atoms with Gasteiger partial charge in [0.05, 0.1) is 5.56 Å². The average molecular weight is 269 g/mol. The molecular formula is C13H14F3N3. The second-order valence-electron chi connectivity index (χ2n) is 4.76. The van der Waals surface area contributed by atoms with Crippen LogP contribution in [0, 0.1) is 11.3 Å². The maximum absolute atomic E-state index is 12.4. The molecule has 102 valence electrons. The summed E-state index contributed by atoms with van der Waals surface area (Å²) in [5.41, 5.74) is 2.04. The highest BCUT2D eigenvalue weighted by molar-refractivity contribution is 5.56. The summed E-state index contributed by atoms with van der Waals surface area (Å²) in [4.78, 5) is 5.27. The van der Waals surface area contributed by atoms with E-state index in [0.29, 0.717) is 0 Å². The molecule has 0 amide bonds. The molecule has 0 aliphatic heterocycles. The molecular weight excluding hydrogens is 255 g/mol. The van der Waals surface area contributed by atoms with Crippen molar-refractivity contribution in [2.24, 2.45) is 0 Å². The van der Waals surface area contributed by atoms with E-state index < -0.39 is 12.7 Å². The molecule has 0 saturated carbocycles. The Kier molecular flexibility index (Phi) is 3.65. The Morgan fingerprint density at radius 2 is 2.05 bits per heavy atom. The summed E-state index contributed by atoms with van der Waals surface area (Å²) in [6.07, 6.45) is -0.654. The summed E-state index contributed by atoms with van der Waals surface area (Å²) in [6, 6.07) is 3.63. The Balaban J connectivity index is 2.36. The maximum atomic E-state index is 12.4. The molecule has 0 spiro atoms. The molecule has 0 radical (unpaired) electrons. The van der Waals surface area contributed by atoms with E-state index in [0.717, 1.165) is 41.8 Å². The van der Waals surface area contributed by atoms with E-state index in [1.807, 2.05) is 6.07 Å². The van der Waals surface area contributed by atoms with Gasteiger partial charge in [-0.15, -0.1) is 0 Å². The first-order chi connectivity index (χ1) is 8.90. The van der Waals surface area contributed by atoms with Gasteiger partial charge >= 0.3 is 6.18 Å². The van der Waals surface area contributed by atoms with Gasteiger partial charge in [0.1, 0.15) is 18.4 Å². The number of aryl methyl sites for hydroxylation is 2. The molecule has 1 aliphatic carbocycles. The van der Waals surface area contributed by atoms with Crippen LogP contribution in [0.1, 0.15) is 29.7 Å². The topological polar surface area (TPSA) is 39.9 Å². The largest absolute Gasteiger partial charge is 0.405 e. The van der Waals surface area contributed by atoms with Crippen molar-refractivity contribution in [3.05, 3.63) is 22.9 Å². The van der Waals surface area contributed by atoms with E-state index in [4.69, 9.17) is 5.26 Å². The number of alkyl halides is 3. The fourth-order valence-corrected chi connectivity index (χ4v) is 2.34. The number of nitriles is 1. The minimum absolute atomic E-state index is 0.125. The standard InChI is InChI=1S/C13H14F3N3/c1-19(8-13(14,15)16)12-10(7-17)6-9-4-2-3-5-11(9)18-12/h6H,2-5,8H2,1H3. The van der Waals surface area contributed by atoms with Crippen molar-refractivity contribution in [3.8, 4) is 6.07 Å². The number of halogens is 3. The molecule has 3 nitrogen and oxygen atoms in total. The number of anilines is 1. The van der Waals surface area contributed by atoms with Gasteiger partial charge in [0.2, 0.25) is 0 Å². The fourth-order valence-electron chi connectivity index (χ4n) is 2.34. The van der Waals surface area contributed by atoms with Crippen molar-refractivity contribution >= 4 is 5.82 Å². The zero-order chi connectivity index (χ0) is 14.0. The van der Waals surface area contributed by atoms with Gasteiger partial charge in [-0.1, -0.05) is 0 Å². The second-order valence-corrected chi connectivity index (χ2v) is 4.76. The third kappa shape index (κ3) is 3.16. The lowest BCUT2D eigenvalue weighted by Crippen LogP contribution is -2.32. The van der Waals surface area contributed by atoms with E-state index in [-0.39, 0.29) is 11.4 Å². The average Bonchev–Trinajstić information content (AvgIpc) is 2.35. The number of pyridine rings is 1. The van der Waals surface area contributed by atoms with Gasteiger partial charge in [-0.2, -0.15) is 18.4 Å². The second kappa shape index (κ2) is 5.08. The zero-order valence-electron chi connectivity index (χ0n) is 10.6. The van der Waals surface area contributed by atoms with Crippen molar-refractivity contribution < 1.29 is 13.2 Å². The third-order valence-corrected chi connectivity index (χ3v) is 3.18. The summed E-state index contributed by atoms with van der Waals surface area (Å²) in [7, 11) is 1.31. The van der Waals surface area contributed by atoms with Crippen LogP contribution in [0.25, 0.3) is 0 Å². The molecule has 1 heterocycles. The lowest BCUT2D eigenvalue weighted by Gasteiger charge is -2.23. The number of nitrogens with zero attached hydrogens (tertiary/aromatic N) is 3. The van der Waals surface area contributed by atoms with Crippen LogP contribution in [-0.2, 0) is 12.8 Å². The van der Waals surface area contributed by atoms with Crippen molar-refractivity contribution in [2.45, 2.75) is 31.9 Å². The Morgan fingerprint density at radius 1 is 1.37 bits per heavy atom. The Labute approximate surface area is 109 Å². The highest BCUT2D eigenvalue weighted by atomic mass is 19.4. The van der Waals surface area contributed by atoms with Crippen LogP contribution in [0.5, 0.6) is 0 Å². The first kappa shape index (κ1) is 13.7. The number of fused-ring (bicyclic) bond motifs is 1. The molecule has 0 atom stereocenters. The molecule has 1 aromatic rings. The normalized spacial score (nSPS) is 14.7. The van der Waals surface area contributed by atoms with Gasteiger partial charge in [-0.05, 0) is 37.3 Å². The number of rotatable bonds is 2. The lowest BCUT2D eigenvalue weighted by molar-refractivity contribution is -0.119. The van der Waals surface area contributed by atoms with E-state index in [9.17, 15) is 13.2 Å². The van der Waals surface area contributed by atoms with Crippen molar-refractivity contribution in [3.63, 3.8) is 0 Å². The molecule has 6 heteroatoms. The monoisotopic (exact) mass is 269 g/mol. The summed E-state index contributed by atoms with van der Waals surface area (Å²) >= 11 is 0. The molecule has 1 aromatic heterocycles. The van der Waals surface area contributed by atoms with Crippen molar-refractivity contribution in [1.29, 1.82) is 5.26 Å². The van der Waals surface area contributed by atoms with Crippen LogP contribution >= 0.6 is 0 Å². The quantitative estimate of drug-likeness (QED) is 0.828. The summed E-state index contributed by atoms with van der Waals surface area (Å²) < 4.78 is 37.2. The highest BCUT2D eigenvalue weighted by Gasteiger charge is 2.31. The molecule has 0 fully saturated rings. The van der Waals surface area contributed by atoms with E-state index in [1.54, 1.807) is 6.07 Å². The molecule has 0 unspecified atom stereocenters. The highest BCUT2D eigenvalue weighted by Crippen LogP contribution is 2.27. The van der Waals surface area contributed by atoms with Crippen LogP contribution < -0.4 is 4.90 Å². The summed E-state index contributed by atoms with van der Waals surface area (Å²) in [5, 5.41) is 9.07. The van der Waals surface area contributed by atoms with Crippen LogP contribution in [0.4, 0.5) is 19.0 Å². The fraction of sp³-hybridized carbons (Fsp3) is 0.538. The SMILES string of the molecule is CN(CC(F)(F)F)c1nc2c(cc1C#N)CCCC2. The number of aromatic nitrogens is 1. The van der Waals surface area contributed by atoms with Gasteiger partial charge in [0, 0.05) is 12.7 Å². The van der Waals surface area contributed by atoms with Gasteiger partial charge < -0.3 is 4.90 Å².